The molecule has 0 atom stereocenters. The molecule has 4 aromatic heterocycles. The molecule has 14 aromatic rings. The number of rotatable bonds is 5. The van der Waals surface area contributed by atoms with Gasteiger partial charge in [-0.3, -0.25) is 0 Å². The average molecular weight is 815 g/mol. The Kier molecular flexibility index (Phi) is 7.36. The summed E-state index contributed by atoms with van der Waals surface area (Å²) in [5.74, 6) is 0. The quantitative estimate of drug-likeness (QED) is 0.165. The molecule has 0 spiro atoms. The van der Waals surface area contributed by atoms with Crippen LogP contribution in [0.1, 0.15) is 0 Å². The highest BCUT2D eigenvalue weighted by atomic mass is 15.0. The largest absolute Gasteiger partial charge is 0.309 e. The van der Waals surface area contributed by atoms with Crippen molar-refractivity contribution in [2.24, 2.45) is 0 Å². The molecule has 4 heteroatoms. The minimum absolute atomic E-state index is 1.13. The number of aromatic nitrogens is 4. The summed E-state index contributed by atoms with van der Waals surface area (Å²) in [5, 5.41) is 9.94. The van der Waals surface area contributed by atoms with E-state index in [0.717, 1.165) is 28.2 Å². The first kappa shape index (κ1) is 35.0. The molecule has 0 bridgehead atoms. The first-order valence-electron chi connectivity index (χ1n) is 22.0. The lowest BCUT2D eigenvalue weighted by atomic mass is 10.0. The van der Waals surface area contributed by atoms with Crippen molar-refractivity contribution in [2.45, 2.75) is 0 Å². The molecular weight excluding hydrogens is 777 g/mol. The Morgan fingerprint density at radius 1 is 0.203 bits per heavy atom. The van der Waals surface area contributed by atoms with Crippen molar-refractivity contribution in [3.05, 3.63) is 231 Å². The van der Waals surface area contributed by atoms with Gasteiger partial charge in [-0.2, -0.15) is 0 Å². The summed E-state index contributed by atoms with van der Waals surface area (Å²) in [4.78, 5) is 0. The van der Waals surface area contributed by atoms with Crippen molar-refractivity contribution in [3.8, 4) is 33.9 Å². The molecule has 0 fully saturated rings. The van der Waals surface area contributed by atoms with E-state index in [1.54, 1.807) is 0 Å². The van der Waals surface area contributed by atoms with Crippen LogP contribution in [0.5, 0.6) is 0 Å². The molecule has 0 amide bonds. The van der Waals surface area contributed by atoms with Crippen molar-refractivity contribution >= 4 is 87.2 Å². The lowest BCUT2D eigenvalue weighted by Gasteiger charge is -2.18. The molecule has 298 valence electrons. The number of hydrogen-bond acceptors (Lipinski definition) is 0. The average Bonchev–Trinajstić information content (AvgIpc) is 4.09. The van der Waals surface area contributed by atoms with Gasteiger partial charge in [-0.1, -0.05) is 152 Å². The number of benzene rings is 10. The molecule has 0 N–H and O–H groups in total. The SMILES string of the molecule is c1ccc(-n2c3ccccc3c3cc(-n4c5ccccc5c5ccccc54)ccc32)c(-c2ccccc2-n2c3ccccc3c3c(-n4c5ccccc5c5ccccc54)cccc32)c1. The minimum atomic E-state index is 1.13. The van der Waals surface area contributed by atoms with Gasteiger partial charge in [0.15, 0.2) is 0 Å². The molecule has 4 heterocycles. The summed E-state index contributed by atoms with van der Waals surface area (Å²) < 4.78 is 9.83. The Hall–Kier alpha value is -8.60. The lowest BCUT2D eigenvalue weighted by molar-refractivity contribution is 1.15. The third kappa shape index (κ3) is 4.82. The van der Waals surface area contributed by atoms with E-state index in [2.05, 4.69) is 249 Å². The standard InChI is InChI=1S/C60H38N4/c1-9-26-49-40(18-1)41-19-2-10-27-50(41)61(49)39-36-37-57-48(38-39)46-24-7-15-32-55(46)62(57)51-28-11-3-20-42(51)43-21-6-14-31-54(43)64-56-33-16-8-25-47(56)60-58(34-17-35-59(60)64)63-52-29-12-4-22-44(52)45-23-5-13-30-53(45)63/h1-38H. The summed E-state index contributed by atoms with van der Waals surface area (Å²) in [6.07, 6.45) is 0. The second-order valence-corrected chi connectivity index (χ2v) is 16.9. The van der Waals surface area contributed by atoms with Crippen LogP contribution in [0.25, 0.3) is 121 Å². The molecule has 14 rings (SSSR count). The highest BCUT2D eigenvalue weighted by Crippen LogP contribution is 2.44. The Balaban J connectivity index is 1.00. The third-order valence-corrected chi connectivity index (χ3v) is 13.6. The fourth-order valence-corrected chi connectivity index (χ4v) is 11.0. The molecule has 64 heavy (non-hydrogen) atoms. The van der Waals surface area contributed by atoms with E-state index in [4.69, 9.17) is 0 Å². The second-order valence-electron chi connectivity index (χ2n) is 16.9. The monoisotopic (exact) mass is 814 g/mol. The number of nitrogens with zero attached hydrogens (tertiary/aromatic N) is 4. The Morgan fingerprint density at radius 2 is 0.531 bits per heavy atom. The maximum absolute atomic E-state index is 2.48. The van der Waals surface area contributed by atoms with Gasteiger partial charge < -0.3 is 18.3 Å². The maximum Gasteiger partial charge on any atom is 0.0562 e. The fraction of sp³-hybridized carbons (Fsp3) is 0. The first-order valence-corrected chi connectivity index (χ1v) is 22.0. The van der Waals surface area contributed by atoms with Crippen molar-refractivity contribution < 1.29 is 0 Å². The Morgan fingerprint density at radius 3 is 1.05 bits per heavy atom. The van der Waals surface area contributed by atoms with Crippen LogP contribution in [0.3, 0.4) is 0 Å². The molecule has 0 aliphatic carbocycles. The summed E-state index contributed by atoms with van der Waals surface area (Å²) >= 11 is 0. The Bertz CT molecular complexity index is 4100. The van der Waals surface area contributed by atoms with E-state index >= 15 is 0 Å². The van der Waals surface area contributed by atoms with E-state index in [1.165, 1.54) is 92.9 Å². The predicted molar refractivity (Wildman–Crippen MR) is 269 cm³/mol. The van der Waals surface area contributed by atoms with Gasteiger partial charge in [0.2, 0.25) is 0 Å². The van der Waals surface area contributed by atoms with Crippen LogP contribution >= 0.6 is 0 Å². The summed E-state index contributed by atoms with van der Waals surface area (Å²) in [5.41, 5.74) is 16.4. The summed E-state index contributed by atoms with van der Waals surface area (Å²) in [6, 6.07) is 84.5. The van der Waals surface area contributed by atoms with E-state index < -0.39 is 0 Å². The van der Waals surface area contributed by atoms with Crippen LogP contribution in [0, 0.1) is 0 Å². The normalized spacial score (nSPS) is 12.1. The van der Waals surface area contributed by atoms with Crippen molar-refractivity contribution in [1.29, 1.82) is 0 Å². The fourth-order valence-electron chi connectivity index (χ4n) is 11.0. The van der Waals surface area contributed by atoms with Crippen LogP contribution < -0.4 is 0 Å². The molecule has 0 saturated heterocycles. The van der Waals surface area contributed by atoms with Crippen LogP contribution in [-0.2, 0) is 0 Å². The van der Waals surface area contributed by atoms with Crippen molar-refractivity contribution in [3.63, 3.8) is 0 Å². The molecule has 10 aromatic carbocycles. The van der Waals surface area contributed by atoms with Gasteiger partial charge in [0.05, 0.1) is 61.2 Å². The smallest absolute Gasteiger partial charge is 0.0562 e. The van der Waals surface area contributed by atoms with Crippen LogP contribution in [0.4, 0.5) is 0 Å². The van der Waals surface area contributed by atoms with Gasteiger partial charge in [-0.05, 0) is 78.9 Å². The Labute approximate surface area is 368 Å². The van der Waals surface area contributed by atoms with Gasteiger partial charge in [-0.15, -0.1) is 0 Å². The predicted octanol–water partition coefficient (Wildman–Crippen LogP) is 15.7. The highest BCUT2D eigenvalue weighted by Gasteiger charge is 2.23. The van der Waals surface area contributed by atoms with E-state index in [0.29, 0.717) is 0 Å². The first-order chi connectivity index (χ1) is 31.8. The zero-order valence-corrected chi connectivity index (χ0v) is 34.7. The topological polar surface area (TPSA) is 19.7 Å². The lowest BCUT2D eigenvalue weighted by Crippen LogP contribution is -2.01. The van der Waals surface area contributed by atoms with Crippen LogP contribution in [-0.4, -0.2) is 18.3 Å². The van der Waals surface area contributed by atoms with Crippen molar-refractivity contribution in [1.82, 2.24) is 18.3 Å². The molecule has 4 nitrogen and oxygen atoms in total. The molecular formula is C60H38N4. The van der Waals surface area contributed by atoms with Gasteiger partial charge in [0.25, 0.3) is 0 Å². The molecule has 0 aliphatic rings. The molecule has 0 radical (unpaired) electrons. The minimum Gasteiger partial charge on any atom is -0.309 e. The van der Waals surface area contributed by atoms with Gasteiger partial charge in [0, 0.05) is 59.9 Å². The highest BCUT2D eigenvalue weighted by molar-refractivity contribution is 6.17. The summed E-state index contributed by atoms with van der Waals surface area (Å²) in [6.45, 7) is 0. The van der Waals surface area contributed by atoms with Gasteiger partial charge in [0.1, 0.15) is 0 Å². The van der Waals surface area contributed by atoms with E-state index in [-0.39, 0.29) is 0 Å². The maximum atomic E-state index is 2.48. The van der Waals surface area contributed by atoms with E-state index in [9.17, 15) is 0 Å². The number of fused-ring (bicyclic) bond motifs is 12. The van der Waals surface area contributed by atoms with Crippen molar-refractivity contribution in [2.75, 3.05) is 0 Å². The van der Waals surface area contributed by atoms with Crippen LogP contribution in [0.15, 0.2) is 231 Å². The van der Waals surface area contributed by atoms with E-state index in [1.807, 2.05) is 0 Å². The second kappa shape index (κ2) is 13.4. The van der Waals surface area contributed by atoms with Gasteiger partial charge in [-0.25, -0.2) is 0 Å². The van der Waals surface area contributed by atoms with Crippen LogP contribution in [0.2, 0.25) is 0 Å². The molecule has 0 saturated carbocycles. The zero-order chi connectivity index (χ0) is 41.9. The number of para-hydroxylation sites is 8. The molecule has 0 unspecified atom stereocenters. The molecule has 0 aliphatic heterocycles. The summed E-state index contributed by atoms with van der Waals surface area (Å²) in [7, 11) is 0. The number of hydrogen-bond donors (Lipinski definition) is 0. The van der Waals surface area contributed by atoms with Gasteiger partial charge >= 0.3 is 0 Å². The zero-order valence-electron chi connectivity index (χ0n) is 34.7. The third-order valence-electron chi connectivity index (χ3n) is 13.6.